The third kappa shape index (κ3) is 2.93. The van der Waals surface area contributed by atoms with Crippen LogP contribution in [0.2, 0.25) is 0 Å². The van der Waals surface area contributed by atoms with Crippen LogP contribution in [0.4, 0.5) is 0 Å². The summed E-state index contributed by atoms with van der Waals surface area (Å²) in [6, 6.07) is 0. The van der Waals surface area contributed by atoms with Gasteiger partial charge in [-0.05, 0) is 108 Å². The number of aliphatic hydroxyl groups is 1. The summed E-state index contributed by atoms with van der Waals surface area (Å²) in [6.07, 6.45) is 12.0. The molecule has 0 amide bonds. The molecule has 0 spiro atoms. The Morgan fingerprint density at radius 2 is 1.36 bits per heavy atom. The molecule has 0 bridgehead atoms. The third-order valence-corrected chi connectivity index (χ3v) is 13.8. The summed E-state index contributed by atoms with van der Waals surface area (Å²) in [5.41, 5.74) is 2.69. The van der Waals surface area contributed by atoms with Crippen molar-refractivity contribution in [1.82, 2.24) is 0 Å². The van der Waals surface area contributed by atoms with E-state index in [9.17, 15) is 10.3 Å². The minimum Gasteiger partial charge on any atom is -0.411 e. The molecule has 2 N–H and O–H groups in total. The molecule has 3 nitrogen and oxygen atoms in total. The standard InChI is InChI=1S/C30H51NO2/c1-19-20(31-33)17-21(32)24-27(19,5)10-9-22-28(24,6)14-16-30(8)23-18-25(2,3)11-12-26(23,4)13-15-29(22,30)7/h19,21-24,32-33H,9-18H2,1-8H3. The second-order valence-corrected chi connectivity index (χ2v) is 15.6. The Morgan fingerprint density at radius 1 is 0.758 bits per heavy atom. The van der Waals surface area contributed by atoms with Crippen LogP contribution in [-0.4, -0.2) is 22.1 Å². The van der Waals surface area contributed by atoms with Crippen LogP contribution in [-0.2, 0) is 0 Å². The zero-order chi connectivity index (χ0) is 24.2. The number of nitrogens with zero attached hydrogens (tertiary/aromatic N) is 1. The van der Waals surface area contributed by atoms with Gasteiger partial charge in [0.05, 0.1) is 11.8 Å². The van der Waals surface area contributed by atoms with Gasteiger partial charge in [-0.3, -0.25) is 0 Å². The van der Waals surface area contributed by atoms with Gasteiger partial charge in [-0.1, -0.05) is 60.5 Å². The fourth-order valence-electron chi connectivity index (χ4n) is 11.5. The summed E-state index contributed by atoms with van der Waals surface area (Å²) in [7, 11) is 0. The van der Waals surface area contributed by atoms with Crippen molar-refractivity contribution in [2.24, 2.45) is 61.3 Å². The molecule has 10 unspecified atom stereocenters. The van der Waals surface area contributed by atoms with E-state index in [1.54, 1.807) is 0 Å². The molecule has 5 saturated carbocycles. The zero-order valence-electron chi connectivity index (χ0n) is 22.8. The lowest BCUT2D eigenvalue weighted by Gasteiger charge is -2.75. The number of oxime groups is 1. The molecule has 0 heterocycles. The minimum atomic E-state index is -0.389. The van der Waals surface area contributed by atoms with Crippen LogP contribution in [0.25, 0.3) is 0 Å². The van der Waals surface area contributed by atoms with E-state index in [4.69, 9.17) is 0 Å². The molecular weight excluding hydrogens is 406 g/mol. The summed E-state index contributed by atoms with van der Waals surface area (Å²) in [6.45, 7) is 20.2. The maximum absolute atomic E-state index is 11.5. The van der Waals surface area contributed by atoms with Crippen molar-refractivity contribution >= 4 is 5.71 Å². The number of rotatable bonds is 0. The maximum atomic E-state index is 11.5. The first kappa shape index (κ1) is 24.1. The average Bonchev–Trinajstić information content (AvgIpc) is 2.73. The quantitative estimate of drug-likeness (QED) is 0.289. The van der Waals surface area contributed by atoms with Gasteiger partial charge in [0.1, 0.15) is 0 Å². The molecule has 3 heteroatoms. The molecule has 0 aromatic heterocycles. The molecule has 5 aliphatic carbocycles. The van der Waals surface area contributed by atoms with Crippen molar-refractivity contribution in [3.63, 3.8) is 0 Å². The Morgan fingerprint density at radius 3 is 2.03 bits per heavy atom. The fraction of sp³-hybridized carbons (Fsp3) is 0.967. The van der Waals surface area contributed by atoms with Gasteiger partial charge in [-0.25, -0.2) is 0 Å². The molecule has 10 atom stereocenters. The topological polar surface area (TPSA) is 52.8 Å². The van der Waals surface area contributed by atoms with Gasteiger partial charge in [-0.15, -0.1) is 0 Å². The van der Waals surface area contributed by atoms with Gasteiger partial charge in [0.15, 0.2) is 0 Å². The molecule has 5 rings (SSSR count). The van der Waals surface area contributed by atoms with E-state index < -0.39 is 0 Å². The Balaban J connectivity index is 1.56. The molecule has 0 aliphatic heterocycles. The maximum Gasteiger partial charge on any atom is 0.0632 e. The highest BCUT2D eigenvalue weighted by molar-refractivity contribution is 5.88. The highest BCUT2D eigenvalue weighted by atomic mass is 16.4. The highest BCUT2D eigenvalue weighted by Gasteiger charge is 2.71. The smallest absolute Gasteiger partial charge is 0.0632 e. The van der Waals surface area contributed by atoms with Gasteiger partial charge in [0.2, 0.25) is 0 Å². The predicted molar refractivity (Wildman–Crippen MR) is 135 cm³/mol. The second kappa shape index (κ2) is 7.01. The first-order valence-corrected chi connectivity index (χ1v) is 14.1. The van der Waals surface area contributed by atoms with E-state index in [0.29, 0.717) is 39.9 Å². The first-order valence-electron chi connectivity index (χ1n) is 14.1. The largest absolute Gasteiger partial charge is 0.411 e. The second-order valence-electron chi connectivity index (χ2n) is 15.6. The molecule has 5 fully saturated rings. The van der Waals surface area contributed by atoms with Crippen molar-refractivity contribution in [2.75, 3.05) is 0 Å². The van der Waals surface area contributed by atoms with Crippen molar-refractivity contribution in [3.05, 3.63) is 0 Å². The fourth-order valence-corrected chi connectivity index (χ4v) is 11.5. The first-order chi connectivity index (χ1) is 15.2. The predicted octanol–water partition coefficient (Wildman–Crippen LogP) is 7.69. The monoisotopic (exact) mass is 457 g/mol. The zero-order valence-corrected chi connectivity index (χ0v) is 22.8. The van der Waals surface area contributed by atoms with E-state index >= 15 is 0 Å². The SMILES string of the molecule is CC1C(=NO)CC(O)C2C1(C)CCC1C2(C)CCC2(C)C3CC(C)(C)CCC3(C)CCC12C. The number of fused-ring (bicyclic) bond motifs is 7. The Labute approximate surface area is 203 Å². The van der Waals surface area contributed by atoms with Gasteiger partial charge < -0.3 is 10.3 Å². The summed E-state index contributed by atoms with van der Waals surface area (Å²) in [5.74, 6) is 2.02. The van der Waals surface area contributed by atoms with Crippen LogP contribution in [0, 0.1) is 56.2 Å². The van der Waals surface area contributed by atoms with E-state index in [2.05, 4.69) is 60.5 Å². The molecule has 33 heavy (non-hydrogen) atoms. The average molecular weight is 458 g/mol. The van der Waals surface area contributed by atoms with E-state index in [-0.39, 0.29) is 22.9 Å². The third-order valence-electron chi connectivity index (χ3n) is 13.8. The Bertz CT molecular complexity index is 850. The van der Waals surface area contributed by atoms with Crippen molar-refractivity contribution in [3.8, 4) is 0 Å². The van der Waals surface area contributed by atoms with Gasteiger partial charge in [-0.2, -0.15) is 0 Å². The molecule has 0 radical (unpaired) electrons. The molecule has 0 aromatic rings. The van der Waals surface area contributed by atoms with E-state index in [1.807, 2.05) is 0 Å². The van der Waals surface area contributed by atoms with Gasteiger partial charge >= 0.3 is 0 Å². The molecular formula is C30H51NO2. The van der Waals surface area contributed by atoms with Crippen LogP contribution >= 0.6 is 0 Å². The lowest BCUT2D eigenvalue weighted by atomic mass is 9.30. The highest BCUT2D eigenvalue weighted by Crippen LogP contribution is 2.78. The van der Waals surface area contributed by atoms with Crippen LogP contribution < -0.4 is 0 Å². The van der Waals surface area contributed by atoms with E-state index in [0.717, 1.165) is 18.1 Å². The van der Waals surface area contributed by atoms with Crippen LogP contribution in [0.3, 0.4) is 0 Å². The Hall–Kier alpha value is -0.570. The lowest BCUT2D eigenvalue weighted by Crippen LogP contribution is -2.69. The summed E-state index contributed by atoms with van der Waals surface area (Å²) >= 11 is 0. The summed E-state index contributed by atoms with van der Waals surface area (Å²) in [5, 5.41) is 24.9. The molecule has 5 aliphatic rings. The molecule has 0 saturated heterocycles. The minimum absolute atomic E-state index is 0.0184. The van der Waals surface area contributed by atoms with Gasteiger partial charge in [0.25, 0.3) is 0 Å². The van der Waals surface area contributed by atoms with Crippen molar-refractivity contribution in [2.45, 2.75) is 126 Å². The van der Waals surface area contributed by atoms with Crippen molar-refractivity contribution in [1.29, 1.82) is 0 Å². The number of hydrogen-bond acceptors (Lipinski definition) is 3. The van der Waals surface area contributed by atoms with Crippen LogP contribution in [0.1, 0.15) is 120 Å². The molecule has 0 aromatic carbocycles. The van der Waals surface area contributed by atoms with Crippen LogP contribution in [0.15, 0.2) is 5.16 Å². The molecule has 188 valence electrons. The van der Waals surface area contributed by atoms with Gasteiger partial charge in [0, 0.05) is 12.3 Å². The number of hydrogen-bond donors (Lipinski definition) is 2. The normalized spacial score (nSPS) is 59.2. The summed E-state index contributed by atoms with van der Waals surface area (Å²) < 4.78 is 0. The lowest BCUT2D eigenvalue weighted by molar-refractivity contribution is -0.264. The van der Waals surface area contributed by atoms with Crippen LogP contribution in [0.5, 0.6) is 0 Å². The number of aliphatic hydroxyl groups excluding tert-OH is 1. The van der Waals surface area contributed by atoms with Crippen molar-refractivity contribution < 1.29 is 10.3 Å². The Kier molecular flexibility index (Phi) is 5.13. The van der Waals surface area contributed by atoms with E-state index in [1.165, 1.54) is 51.4 Å². The summed E-state index contributed by atoms with van der Waals surface area (Å²) in [4.78, 5) is 0.